The number of para-hydroxylation sites is 1. The Labute approximate surface area is 115 Å². The van der Waals surface area contributed by atoms with E-state index in [2.05, 4.69) is 26.8 Å². The minimum atomic E-state index is -0.500. The van der Waals surface area contributed by atoms with Crippen molar-refractivity contribution in [3.8, 4) is 0 Å². The number of aryl methyl sites for hydroxylation is 1. The van der Waals surface area contributed by atoms with E-state index in [1.54, 1.807) is 23.7 Å². The number of hydrogen-bond acceptors (Lipinski definition) is 4. The standard InChI is InChI=1S/C15H14N2OS/c18-14(5-4-11-6-9-19-10-11)12-2-1-3-13-15(12)17-8-7-16-13/h1-3,6-10,14,18H,4-5H2. The number of benzene rings is 1. The van der Waals surface area contributed by atoms with E-state index in [1.165, 1.54) is 5.56 Å². The minimum Gasteiger partial charge on any atom is -0.388 e. The molecule has 3 nitrogen and oxygen atoms in total. The van der Waals surface area contributed by atoms with Gasteiger partial charge in [-0.1, -0.05) is 12.1 Å². The summed E-state index contributed by atoms with van der Waals surface area (Å²) in [6.07, 6.45) is 4.41. The molecule has 0 aliphatic heterocycles. The molecule has 0 aliphatic rings. The Bertz CT molecular complexity index is 661. The van der Waals surface area contributed by atoms with Crippen LogP contribution in [0.25, 0.3) is 11.0 Å². The minimum absolute atomic E-state index is 0.500. The van der Waals surface area contributed by atoms with Crippen LogP contribution in [0.5, 0.6) is 0 Å². The molecule has 3 rings (SSSR count). The topological polar surface area (TPSA) is 46.0 Å². The molecule has 1 aromatic carbocycles. The van der Waals surface area contributed by atoms with Crippen LogP contribution >= 0.6 is 11.3 Å². The maximum absolute atomic E-state index is 10.4. The molecule has 19 heavy (non-hydrogen) atoms. The van der Waals surface area contributed by atoms with Gasteiger partial charge in [0.05, 0.1) is 17.1 Å². The van der Waals surface area contributed by atoms with Crippen LogP contribution < -0.4 is 0 Å². The summed E-state index contributed by atoms with van der Waals surface area (Å²) in [5, 5.41) is 14.5. The van der Waals surface area contributed by atoms with Crippen LogP contribution in [-0.2, 0) is 6.42 Å². The quantitative estimate of drug-likeness (QED) is 0.790. The highest BCUT2D eigenvalue weighted by atomic mass is 32.1. The second-order valence-electron chi connectivity index (χ2n) is 4.46. The van der Waals surface area contributed by atoms with Gasteiger partial charge in [0.1, 0.15) is 0 Å². The van der Waals surface area contributed by atoms with Gasteiger partial charge < -0.3 is 5.11 Å². The Morgan fingerprint density at radius 1 is 1.16 bits per heavy atom. The van der Waals surface area contributed by atoms with E-state index in [0.717, 1.165) is 23.0 Å². The lowest BCUT2D eigenvalue weighted by Crippen LogP contribution is -2.01. The van der Waals surface area contributed by atoms with Gasteiger partial charge in [0, 0.05) is 18.0 Å². The number of aromatic nitrogens is 2. The molecule has 2 aromatic heterocycles. The first-order valence-electron chi connectivity index (χ1n) is 6.23. The van der Waals surface area contributed by atoms with Gasteiger partial charge >= 0.3 is 0 Å². The van der Waals surface area contributed by atoms with Crippen molar-refractivity contribution in [1.82, 2.24) is 9.97 Å². The summed E-state index contributed by atoms with van der Waals surface area (Å²) in [5.41, 5.74) is 3.76. The summed E-state index contributed by atoms with van der Waals surface area (Å²) in [5.74, 6) is 0. The predicted molar refractivity (Wildman–Crippen MR) is 77.1 cm³/mol. The van der Waals surface area contributed by atoms with Crippen LogP contribution in [0, 0.1) is 0 Å². The lowest BCUT2D eigenvalue weighted by Gasteiger charge is -2.12. The summed E-state index contributed by atoms with van der Waals surface area (Å²) in [6.45, 7) is 0. The fourth-order valence-electron chi connectivity index (χ4n) is 2.18. The highest BCUT2D eigenvalue weighted by molar-refractivity contribution is 7.07. The highest BCUT2D eigenvalue weighted by Crippen LogP contribution is 2.25. The second-order valence-corrected chi connectivity index (χ2v) is 5.24. The van der Waals surface area contributed by atoms with Gasteiger partial charge in [0.2, 0.25) is 0 Å². The van der Waals surface area contributed by atoms with Crippen molar-refractivity contribution in [2.24, 2.45) is 0 Å². The van der Waals surface area contributed by atoms with E-state index in [9.17, 15) is 5.11 Å². The molecule has 4 heteroatoms. The van der Waals surface area contributed by atoms with Crippen molar-refractivity contribution in [1.29, 1.82) is 0 Å². The van der Waals surface area contributed by atoms with Crippen molar-refractivity contribution in [2.45, 2.75) is 18.9 Å². The van der Waals surface area contributed by atoms with Gasteiger partial charge in [-0.15, -0.1) is 0 Å². The Kier molecular flexibility index (Phi) is 3.53. The molecule has 0 radical (unpaired) electrons. The summed E-state index contributed by atoms with van der Waals surface area (Å²) in [7, 11) is 0. The Morgan fingerprint density at radius 3 is 2.89 bits per heavy atom. The lowest BCUT2D eigenvalue weighted by molar-refractivity contribution is 0.169. The fourth-order valence-corrected chi connectivity index (χ4v) is 2.88. The third-order valence-corrected chi connectivity index (χ3v) is 3.91. The molecule has 1 N–H and O–H groups in total. The van der Waals surface area contributed by atoms with Crippen LogP contribution in [0.3, 0.4) is 0 Å². The second kappa shape index (κ2) is 5.47. The van der Waals surface area contributed by atoms with E-state index in [4.69, 9.17) is 0 Å². The maximum atomic E-state index is 10.4. The molecule has 0 amide bonds. The van der Waals surface area contributed by atoms with Crippen LogP contribution in [0.4, 0.5) is 0 Å². The molecule has 2 heterocycles. The predicted octanol–water partition coefficient (Wildman–Crippen LogP) is 3.36. The van der Waals surface area contributed by atoms with Gasteiger partial charge in [-0.2, -0.15) is 11.3 Å². The highest BCUT2D eigenvalue weighted by Gasteiger charge is 2.12. The average Bonchev–Trinajstić information content (AvgIpc) is 2.97. The molecule has 1 unspecified atom stereocenters. The van der Waals surface area contributed by atoms with Gasteiger partial charge in [0.25, 0.3) is 0 Å². The van der Waals surface area contributed by atoms with E-state index >= 15 is 0 Å². The Balaban J connectivity index is 1.83. The third kappa shape index (κ3) is 2.64. The Hall–Kier alpha value is -1.78. The zero-order chi connectivity index (χ0) is 13.1. The van der Waals surface area contributed by atoms with Gasteiger partial charge in [-0.25, -0.2) is 0 Å². The van der Waals surface area contributed by atoms with Crippen LogP contribution in [0.2, 0.25) is 0 Å². The first kappa shape index (κ1) is 12.3. The Morgan fingerprint density at radius 2 is 2.05 bits per heavy atom. The van der Waals surface area contributed by atoms with Crippen LogP contribution in [0.1, 0.15) is 23.7 Å². The fraction of sp³-hybridized carbons (Fsp3) is 0.200. The van der Waals surface area contributed by atoms with Gasteiger partial charge in [0.15, 0.2) is 0 Å². The van der Waals surface area contributed by atoms with Crippen molar-refractivity contribution in [3.63, 3.8) is 0 Å². The van der Waals surface area contributed by atoms with Crippen molar-refractivity contribution < 1.29 is 5.11 Å². The van der Waals surface area contributed by atoms with Crippen molar-refractivity contribution in [2.75, 3.05) is 0 Å². The molecule has 3 aromatic rings. The summed E-state index contributed by atoms with van der Waals surface area (Å²) >= 11 is 1.69. The molecule has 0 aliphatic carbocycles. The summed E-state index contributed by atoms with van der Waals surface area (Å²) < 4.78 is 0. The van der Waals surface area contributed by atoms with E-state index in [-0.39, 0.29) is 0 Å². The first-order valence-corrected chi connectivity index (χ1v) is 7.17. The molecule has 0 saturated heterocycles. The summed E-state index contributed by atoms with van der Waals surface area (Å²) in [6, 6.07) is 7.85. The molecule has 96 valence electrons. The lowest BCUT2D eigenvalue weighted by atomic mass is 10.0. The van der Waals surface area contributed by atoms with Gasteiger partial charge in [-0.05, 0) is 41.3 Å². The SMILES string of the molecule is OC(CCc1ccsc1)c1cccc2nccnc12. The molecular weight excluding hydrogens is 256 g/mol. The monoisotopic (exact) mass is 270 g/mol. The number of rotatable bonds is 4. The number of thiophene rings is 1. The van der Waals surface area contributed by atoms with E-state index in [0.29, 0.717) is 6.42 Å². The van der Waals surface area contributed by atoms with Crippen LogP contribution in [0.15, 0.2) is 47.4 Å². The van der Waals surface area contributed by atoms with Crippen molar-refractivity contribution in [3.05, 3.63) is 58.5 Å². The summed E-state index contributed by atoms with van der Waals surface area (Å²) in [4.78, 5) is 8.59. The molecule has 0 spiro atoms. The molecule has 0 fully saturated rings. The number of aliphatic hydroxyl groups excluding tert-OH is 1. The maximum Gasteiger partial charge on any atom is 0.0944 e. The number of aliphatic hydroxyl groups is 1. The average molecular weight is 270 g/mol. The normalized spacial score (nSPS) is 12.7. The zero-order valence-corrected chi connectivity index (χ0v) is 11.2. The van der Waals surface area contributed by atoms with Crippen molar-refractivity contribution >= 4 is 22.4 Å². The van der Waals surface area contributed by atoms with Gasteiger partial charge in [-0.3, -0.25) is 9.97 Å². The number of hydrogen-bond donors (Lipinski definition) is 1. The van der Waals surface area contributed by atoms with E-state index in [1.807, 2.05) is 18.2 Å². The molecule has 0 bridgehead atoms. The van der Waals surface area contributed by atoms with Crippen LogP contribution in [-0.4, -0.2) is 15.1 Å². The molecule has 1 atom stereocenters. The molecular formula is C15H14N2OS. The molecule has 0 saturated carbocycles. The largest absolute Gasteiger partial charge is 0.388 e. The smallest absolute Gasteiger partial charge is 0.0944 e. The first-order chi connectivity index (χ1) is 9.34. The number of nitrogens with zero attached hydrogens (tertiary/aromatic N) is 2. The third-order valence-electron chi connectivity index (χ3n) is 3.18. The zero-order valence-electron chi connectivity index (χ0n) is 10.4. The van der Waals surface area contributed by atoms with E-state index < -0.39 is 6.10 Å². The number of fused-ring (bicyclic) bond motifs is 1.